The van der Waals surface area contributed by atoms with Crippen molar-refractivity contribution in [3.8, 4) is 16.5 Å². The van der Waals surface area contributed by atoms with Gasteiger partial charge in [-0.15, -0.1) is 11.3 Å². The molecular formula is C16H15BrN2OS. The molecule has 2 heterocycles. The Morgan fingerprint density at radius 3 is 2.24 bits per heavy atom. The first-order valence-electron chi connectivity index (χ1n) is 6.64. The van der Waals surface area contributed by atoms with Crippen molar-refractivity contribution < 1.29 is 4.74 Å². The van der Waals surface area contributed by atoms with E-state index in [9.17, 15) is 0 Å². The zero-order chi connectivity index (χ0) is 15.0. The summed E-state index contributed by atoms with van der Waals surface area (Å²) < 4.78 is 7.09. The highest BCUT2D eigenvalue weighted by Gasteiger charge is 2.20. The second kappa shape index (κ2) is 5.39. The minimum atomic E-state index is -0.319. The Hall–Kier alpha value is -1.46. The fourth-order valence-corrected chi connectivity index (χ4v) is 3.31. The Bertz CT molecular complexity index is 792. The lowest BCUT2D eigenvalue weighted by Crippen LogP contribution is -2.24. The maximum Gasteiger partial charge on any atom is 0.242 e. The molecule has 3 aromatic rings. The van der Waals surface area contributed by atoms with Crippen LogP contribution >= 0.6 is 27.3 Å². The van der Waals surface area contributed by atoms with Crippen LogP contribution in [0.3, 0.4) is 0 Å². The predicted molar refractivity (Wildman–Crippen MR) is 90.9 cm³/mol. The summed E-state index contributed by atoms with van der Waals surface area (Å²) in [6, 6.07) is 11.9. The maximum absolute atomic E-state index is 6.02. The summed E-state index contributed by atoms with van der Waals surface area (Å²) in [6.45, 7) is 6.04. The van der Waals surface area contributed by atoms with Gasteiger partial charge in [0.15, 0.2) is 0 Å². The molecule has 0 aliphatic rings. The van der Waals surface area contributed by atoms with Gasteiger partial charge < -0.3 is 4.74 Å². The van der Waals surface area contributed by atoms with Gasteiger partial charge in [-0.1, -0.05) is 12.1 Å². The van der Waals surface area contributed by atoms with Crippen LogP contribution in [-0.4, -0.2) is 15.6 Å². The largest absolute Gasteiger partial charge is 0.470 e. The van der Waals surface area contributed by atoms with E-state index in [-0.39, 0.29) is 5.60 Å². The molecule has 0 N–H and O–H groups in total. The summed E-state index contributed by atoms with van der Waals surface area (Å²) in [5.41, 5.74) is 2.19. The van der Waals surface area contributed by atoms with E-state index in [2.05, 4.69) is 20.9 Å². The van der Waals surface area contributed by atoms with Crippen molar-refractivity contribution in [3.05, 3.63) is 40.2 Å². The summed E-state index contributed by atoms with van der Waals surface area (Å²) in [6.07, 6.45) is 0. The number of para-hydroxylation sites is 2. The van der Waals surface area contributed by atoms with Crippen LogP contribution in [0.1, 0.15) is 20.8 Å². The molecule has 0 aliphatic carbocycles. The summed E-state index contributed by atoms with van der Waals surface area (Å²) in [7, 11) is 0. The molecule has 0 spiro atoms. The van der Waals surface area contributed by atoms with Gasteiger partial charge in [0, 0.05) is 0 Å². The van der Waals surface area contributed by atoms with Crippen molar-refractivity contribution in [2.24, 2.45) is 0 Å². The Morgan fingerprint density at radius 1 is 1.00 bits per heavy atom. The lowest BCUT2D eigenvalue weighted by Gasteiger charge is -2.21. The highest BCUT2D eigenvalue weighted by atomic mass is 79.9. The molecule has 0 atom stereocenters. The van der Waals surface area contributed by atoms with Crippen LogP contribution in [0.5, 0.6) is 5.88 Å². The Kier molecular flexibility index (Phi) is 3.71. The number of fused-ring (bicyclic) bond motifs is 1. The van der Waals surface area contributed by atoms with Crippen molar-refractivity contribution in [1.29, 1.82) is 0 Å². The normalized spacial score (nSPS) is 11.8. The molecular weight excluding hydrogens is 348 g/mol. The first-order valence-corrected chi connectivity index (χ1v) is 8.25. The van der Waals surface area contributed by atoms with Crippen LogP contribution in [-0.2, 0) is 0 Å². The van der Waals surface area contributed by atoms with Gasteiger partial charge >= 0.3 is 0 Å². The average Bonchev–Trinajstić information content (AvgIpc) is 2.82. The van der Waals surface area contributed by atoms with E-state index in [0.717, 1.165) is 25.4 Å². The zero-order valence-electron chi connectivity index (χ0n) is 12.1. The molecule has 0 radical (unpaired) electrons. The standard InChI is InChI=1S/C16H15BrN2OS/c1-16(2,3)20-15-14(12-8-9-13(17)21-12)18-10-6-4-5-7-11(10)19-15/h4-9H,1-3H3. The Balaban J connectivity index is 2.21. The maximum atomic E-state index is 6.02. The van der Waals surface area contributed by atoms with Crippen LogP contribution in [0.25, 0.3) is 21.6 Å². The van der Waals surface area contributed by atoms with Gasteiger partial charge in [-0.2, -0.15) is 0 Å². The number of benzene rings is 1. The average molecular weight is 363 g/mol. The van der Waals surface area contributed by atoms with Crippen molar-refractivity contribution in [1.82, 2.24) is 9.97 Å². The predicted octanol–water partition coefficient (Wildman–Crippen LogP) is 5.30. The van der Waals surface area contributed by atoms with Crippen LogP contribution in [0.4, 0.5) is 0 Å². The number of halogens is 1. The molecule has 0 aliphatic heterocycles. The molecule has 3 rings (SSSR count). The molecule has 108 valence electrons. The first-order chi connectivity index (χ1) is 9.92. The second-order valence-electron chi connectivity index (χ2n) is 5.68. The highest BCUT2D eigenvalue weighted by Crippen LogP contribution is 2.36. The number of hydrogen-bond acceptors (Lipinski definition) is 4. The van der Waals surface area contributed by atoms with E-state index >= 15 is 0 Å². The van der Waals surface area contributed by atoms with E-state index in [1.165, 1.54) is 0 Å². The number of rotatable bonds is 2. The van der Waals surface area contributed by atoms with Crippen LogP contribution in [0, 0.1) is 0 Å². The summed E-state index contributed by atoms with van der Waals surface area (Å²) >= 11 is 5.12. The lowest BCUT2D eigenvalue weighted by atomic mass is 10.2. The minimum absolute atomic E-state index is 0.319. The quantitative estimate of drug-likeness (QED) is 0.620. The molecule has 0 fully saturated rings. The third-order valence-electron chi connectivity index (χ3n) is 2.75. The lowest BCUT2D eigenvalue weighted by molar-refractivity contribution is 0.125. The third kappa shape index (κ3) is 3.24. The van der Waals surface area contributed by atoms with Gasteiger partial charge in [0.2, 0.25) is 5.88 Å². The molecule has 1 aromatic carbocycles. The zero-order valence-corrected chi connectivity index (χ0v) is 14.5. The van der Waals surface area contributed by atoms with E-state index in [0.29, 0.717) is 5.88 Å². The van der Waals surface area contributed by atoms with Crippen molar-refractivity contribution in [2.75, 3.05) is 0 Å². The molecule has 0 saturated heterocycles. The number of hydrogen-bond donors (Lipinski definition) is 0. The van der Waals surface area contributed by atoms with Crippen molar-refractivity contribution in [3.63, 3.8) is 0 Å². The van der Waals surface area contributed by atoms with Crippen LogP contribution in [0.15, 0.2) is 40.2 Å². The van der Waals surface area contributed by atoms with E-state index in [1.807, 2.05) is 57.2 Å². The Labute approximate surface area is 136 Å². The van der Waals surface area contributed by atoms with Gasteiger partial charge in [0.25, 0.3) is 0 Å². The Morgan fingerprint density at radius 2 is 1.67 bits per heavy atom. The first kappa shape index (κ1) is 14.5. The summed E-state index contributed by atoms with van der Waals surface area (Å²) in [5, 5.41) is 0. The van der Waals surface area contributed by atoms with Gasteiger partial charge in [0.05, 0.1) is 19.7 Å². The van der Waals surface area contributed by atoms with Crippen LogP contribution < -0.4 is 4.74 Å². The molecule has 5 heteroatoms. The minimum Gasteiger partial charge on any atom is -0.470 e. The van der Waals surface area contributed by atoms with Gasteiger partial charge in [-0.25, -0.2) is 9.97 Å². The van der Waals surface area contributed by atoms with E-state index in [4.69, 9.17) is 9.72 Å². The van der Waals surface area contributed by atoms with Gasteiger partial charge in [-0.3, -0.25) is 0 Å². The fourth-order valence-electron chi connectivity index (χ4n) is 1.95. The molecule has 0 saturated carbocycles. The molecule has 0 bridgehead atoms. The monoisotopic (exact) mass is 362 g/mol. The fraction of sp³-hybridized carbons (Fsp3) is 0.250. The molecule has 21 heavy (non-hydrogen) atoms. The van der Waals surface area contributed by atoms with E-state index in [1.54, 1.807) is 11.3 Å². The molecule has 2 aromatic heterocycles. The highest BCUT2D eigenvalue weighted by molar-refractivity contribution is 9.11. The summed E-state index contributed by atoms with van der Waals surface area (Å²) in [4.78, 5) is 10.4. The van der Waals surface area contributed by atoms with Crippen molar-refractivity contribution >= 4 is 38.3 Å². The number of thiophene rings is 1. The van der Waals surface area contributed by atoms with Gasteiger partial charge in [0.1, 0.15) is 11.3 Å². The topological polar surface area (TPSA) is 35.0 Å². The molecule has 0 unspecified atom stereocenters. The second-order valence-corrected chi connectivity index (χ2v) is 8.15. The third-order valence-corrected chi connectivity index (χ3v) is 4.38. The van der Waals surface area contributed by atoms with E-state index < -0.39 is 0 Å². The molecule has 0 amide bonds. The van der Waals surface area contributed by atoms with Crippen LogP contribution in [0.2, 0.25) is 0 Å². The number of aromatic nitrogens is 2. The summed E-state index contributed by atoms with van der Waals surface area (Å²) in [5.74, 6) is 0.579. The number of ether oxygens (including phenoxy) is 1. The van der Waals surface area contributed by atoms with Gasteiger partial charge in [-0.05, 0) is 61.0 Å². The SMILES string of the molecule is CC(C)(C)Oc1nc2ccccc2nc1-c1ccc(Br)s1. The smallest absolute Gasteiger partial charge is 0.242 e. The number of nitrogens with zero attached hydrogens (tertiary/aromatic N) is 2. The molecule has 3 nitrogen and oxygen atoms in total. The van der Waals surface area contributed by atoms with Crippen molar-refractivity contribution in [2.45, 2.75) is 26.4 Å².